The van der Waals surface area contributed by atoms with Gasteiger partial charge in [-0.05, 0) is 31.4 Å². The number of hydrogen-bond donors (Lipinski definition) is 2. The van der Waals surface area contributed by atoms with Gasteiger partial charge in [-0.3, -0.25) is 14.6 Å². The lowest BCUT2D eigenvalue weighted by Gasteiger charge is -2.13. The maximum Gasteiger partial charge on any atom is 0.303 e. The Kier molecular flexibility index (Phi) is 5.84. The summed E-state index contributed by atoms with van der Waals surface area (Å²) in [6.07, 6.45) is 4.86. The van der Waals surface area contributed by atoms with Crippen LogP contribution in [-0.4, -0.2) is 28.0 Å². The third-order valence-electron chi connectivity index (χ3n) is 2.47. The van der Waals surface area contributed by atoms with Gasteiger partial charge in [0.15, 0.2) is 0 Å². The van der Waals surface area contributed by atoms with Crippen LogP contribution in [0, 0.1) is 0 Å². The molecule has 0 fully saturated rings. The van der Waals surface area contributed by atoms with Gasteiger partial charge in [-0.2, -0.15) is 0 Å². The number of nitrogens with one attached hydrogen (secondary N) is 1. The Bertz CT molecular complexity index is 392. The first-order valence-corrected chi connectivity index (χ1v) is 5.98. The van der Waals surface area contributed by atoms with E-state index in [0.717, 1.165) is 12.0 Å². The van der Waals surface area contributed by atoms with E-state index in [1.54, 1.807) is 12.4 Å². The monoisotopic (exact) mass is 250 g/mol. The van der Waals surface area contributed by atoms with Crippen LogP contribution in [0.3, 0.4) is 0 Å². The Labute approximate surface area is 106 Å². The second-order valence-electron chi connectivity index (χ2n) is 4.28. The molecule has 0 radical (unpaired) electrons. The molecule has 1 atom stereocenters. The first kappa shape index (κ1) is 14.2. The molecule has 0 aliphatic carbocycles. The first-order chi connectivity index (χ1) is 8.58. The minimum absolute atomic E-state index is 0.0199. The molecule has 0 aliphatic rings. The molecule has 1 aromatic heterocycles. The Morgan fingerprint density at radius 2 is 2.22 bits per heavy atom. The number of pyridine rings is 1. The summed E-state index contributed by atoms with van der Waals surface area (Å²) < 4.78 is 0. The Morgan fingerprint density at radius 3 is 2.83 bits per heavy atom. The molecule has 1 amide bonds. The fourth-order valence-corrected chi connectivity index (χ4v) is 1.67. The molecule has 0 aliphatic heterocycles. The van der Waals surface area contributed by atoms with Gasteiger partial charge in [0.25, 0.3) is 0 Å². The van der Waals surface area contributed by atoms with E-state index in [1.807, 2.05) is 19.1 Å². The number of rotatable bonds is 7. The fourth-order valence-electron chi connectivity index (χ4n) is 1.67. The van der Waals surface area contributed by atoms with E-state index in [4.69, 9.17) is 5.11 Å². The van der Waals surface area contributed by atoms with Crippen LogP contribution < -0.4 is 5.32 Å². The average molecular weight is 250 g/mol. The van der Waals surface area contributed by atoms with Gasteiger partial charge < -0.3 is 10.4 Å². The Hall–Kier alpha value is -1.91. The van der Waals surface area contributed by atoms with Gasteiger partial charge in [-0.15, -0.1) is 0 Å². The summed E-state index contributed by atoms with van der Waals surface area (Å²) >= 11 is 0. The van der Waals surface area contributed by atoms with Crippen molar-refractivity contribution in [2.45, 2.75) is 38.6 Å². The molecule has 18 heavy (non-hydrogen) atoms. The van der Waals surface area contributed by atoms with Crippen molar-refractivity contribution >= 4 is 11.9 Å². The van der Waals surface area contributed by atoms with Crippen molar-refractivity contribution in [1.82, 2.24) is 10.3 Å². The molecule has 1 unspecified atom stereocenters. The molecule has 1 rings (SSSR count). The highest BCUT2D eigenvalue weighted by molar-refractivity contribution is 5.77. The highest BCUT2D eigenvalue weighted by atomic mass is 16.4. The molecule has 2 N–H and O–H groups in total. The van der Waals surface area contributed by atoms with E-state index in [-0.39, 0.29) is 24.8 Å². The quantitative estimate of drug-likeness (QED) is 0.766. The van der Waals surface area contributed by atoms with Gasteiger partial charge in [0.05, 0.1) is 0 Å². The number of carbonyl (C=O) groups is 2. The van der Waals surface area contributed by atoms with Crippen LogP contribution in [0.25, 0.3) is 0 Å². The van der Waals surface area contributed by atoms with Crippen LogP contribution in [0.2, 0.25) is 0 Å². The summed E-state index contributed by atoms with van der Waals surface area (Å²) in [7, 11) is 0. The molecule has 0 spiro atoms. The molecular weight excluding hydrogens is 232 g/mol. The molecule has 0 aromatic carbocycles. The molecule has 98 valence electrons. The van der Waals surface area contributed by atoms with Crippen LogP contribution in [0.15, 0.2) is 24.5 Å². The Balaban J connectivity index is 2.25. The maximum absolute atomic E-state index is 11.5. The van der Waals surface area contributed by atoms with Crippen LogP contribution in [0.5, 0.6) is 0 Å². The van der Waals surface area contributed by atoms with Crippen molar-refractivity contribution in [3.05, 3.63) is 30.1 Å². The summed E-state index contributed by atoms with van der Waals surface area (Å²) in [5, 5.41) is 11.3. The van der Waals surface area contributed by atoms with Gasteiger partial charge in [-0.1, -0.05) is 6.07 Å². The number of carboxylic acids is 1. The van der Waals surface area contributed by atoms with E-state index < -0.39 is 5.97 Å². The molecule has 0 saturated heterocycles. The number of aromatic nitrogens is 1. The lowest BCUT2D eigenvalue weighted by molar-refractivity contribution is -0.137. The predicted molar refractivity (Wildman–Crippen MR) is 67.0 cm³/mol. The van der Waals surface area contributed by atoms with Crippen LogP contribution in [0.4, 0.5) is 0 Å². The van der Waals surface area contributed by atoms with Crippen molar-refractivity contribution in [3.8, 4) is 0 Å². The predicted octanol–water partition coefficient (Wildman–Crippen LogP) is 1.38. The van der Waals surface area contributed by atoms with E-state index in [1.165, 1.54) is 0 Å². The minimum atomic E-state index is -0.869. The normalized spacial score (nSPS) is 11.8. The highest BCUT2D eigenvalue weighted by Crippen LogP contribution is 2.02. The van der Waals surface area contributed by atoms with E-state index >= 15 is 0 Å². The zero-order chi connectivity index (χ0) is 13.4. The third-order valence-corrected chi connectivity index (χ3v) is 2.47. The highest BCUT2D eigenvalue weighted by Gasteiger charge is 2.08. The summed E-state index contributed by atoms with van der Waals surface area (Å²) in [5.74, 6) is -0.973. The van der Waals surface area contributed by atoms with Crippen LogP contribution in [0.1, 0.15) is 31.7 Å². The molecule has 0 bridgehead atoms. The van der Waals surface area contributed by atoms with Gasteiger partial charge in [0, 0.05) is 31.3 Å². The Morgan fingerprint density at radius 1 is 1.44 bits per heavy atom. The van der Waals surface area contributed by atoms with Gasteiger partial charge in [-0.25, -0.2) is 0 Å². The average Bonchev–Trinajstić information content (AvgIpc) is 2.29. The van der Waals surface area contributed by atoms with E-state index in [2.05, 4.69) is 10.3 Å². The molecule has 1 aromatic rings. The van der Waals surface area contributed by atoms with Crippen LogP contribution >= 0.6 is 0 Å². The van der Waals surface area contributed by atoms with E-state index in [0.29, 0.717) is 6.42 Å². The van der Waals surface area contributed by atoms with Crippen molar-refractivity contribution in [2.75, 3.05) is 0 Å². The number of carbonyl (C=O) groups excluding carboxylic acids is 1. The van der Waals surface area contributed by atoms with Gasteiger partial charge in [0.1, 0.15) is 0 Å². The van der Waals surface area contributed by atoms with Crippen molar-refractivity contribution in [3.63, 3.8) is 0 Å². The van der Waals surface area contributed by atoms with Crippen LogP contribution in [-0.2, 0) is 16.0 Å². The number of nitrogens with zero attached hydrogens (tertiary/aromatic N) is 1. The van der Waals surface area contributed by atoms with Crippen molar-refractivity contribution in [1.29, 1.82) is 0 Å². The molecule has 5 heteroatoms. The lowest BCUT2D eigenvalue weighted by Crippen LogP contribution is -2.33. The largest absolute Gasteiger partial charge is 0.481 e. The van der Waals surface area contributed by atoms with E-state index in [9.17, 15) is 9.59 Å². The topological polar surface area (TPSA) is 79.3 Å². The number of hydrogen-bond acceptors (Lipinski definition) is 3. The zero-order valence-corrected chi connectivity index (χ0v) is 10.4. The van der Waals surface area contributed by atoms with Crippen molar-refractivity contribution in [2.24, 2.45) is 0 Å². The summed E-state index contributed by atoms with van der Waals surface area (Å²) in [4.78, 5) is 25.8. The molecule has 5 nitrogen and oxygen atoms in total. The number of carboxylic acid groups (broad SMARTS) is 1. The lowest BCUT2D eigenvalue weighted by atomic mass is 10.1. The molecular formula is C13H18N2O3. The summed E-state index contributed by atoms with van der Waals surface area (Å²) in [5.41, 5.74) is 1.07. The number of amides is 1. The summed E-state index contributed by atoms with van der Waals surface area (Å²) in [6, 6.07) is 3.84. The number of aliphatic carboxylic acids is 1. The summed E-state index contributed by atoms with van der Waals surface area (Å²) in [6.45, 7) is 1.92. The van der Waals surface area contributed by atoms with Gasteiger partial charge >= 0.3 is 5.97 Å². The third kappa shape index (κ3) is 5.98. The molecule has 1 heterocycles. The first-order valence-electron chi connectivity index (χ1n) is 5.98. The SMILES string of the molecule is CC(Cc1cccnc1)NC(=O)CCCC(=O)O. The standard InChI is InChI=1S/C13H18N2O3/c1-10(8-11-4-3-7-14-9-11)15-12(16)5-2-6-13(17)18/h3-4,7,9-10H,2,5-6,8H2,1H3,(H,15,16)(H,17,18). The smallest absolute Gasteiger partial charge is 0.303 e. The minimum Gasteiger partial charge on any atom is -0.481 e. The maximum atomic E-state index is 11.5. The second kappa shape index (κ2) is 7.42. The second-order valence-corrected chi connectivity index (χ2v) is 4.28. The van der Waals surface area contributed by atoms with Crippen molar-refractivity contribution < 1.29 is 14.7 Å². The van der Waals surface area contributed by atoms with Gasteiger partial charge in [0.2, 0.25) is 5.91 Å². The fraction of sp³-hybridized carbons (Fsp3) is 0.462. The zero-order valence-electron chi connectivity index (χ0n) is 10.4. The molecule has 0 saturated carbocycles.